The van der Waals surface area contributed by atoms with Crippen LogP contribution in [0.25, 0.3) is 22.3 Å². The smallest absolute Gasteiger partial charge is 0.172 e. The van der Waals surface area contributed by atoms with Gasteiger partial charge in [0, 0.05) is 5.41 Å². The molecule has 0 spiro atoms. The summed E-state index contributed by atoms with van der Waals surface area (Å²) in [6, 6.07) is 20.0. The van der Waals surface area contributed by atoms with Crippen LogP contribution >= 0.6 is 0 Å². The topological polar surface area (TPSA) is 0 Å². The van der Waals surface area contributed by atoms with Gasteiger partial charge in [-0.3, -0.25) is 6.08 Å². The molecule has 0 aliphatic heterocycles. The number of rotatable bonds is 0. The fourth-order valence-electron chi connectivity index (χ4n) is 7.24. The summed E-state index contributed by atoms with van der Waals surface area (Å²) in [6.45, 7) is 23.3. The Morgan fingerprint density at radius 3 is 1.67 bits per heavy atom. The molecule has 0 N–H and O–H groups in total. The molecule has 45 heavy (non-hydrogen) atoms. The van der Waals surface area contributed by atoms with Gasteiger partial charge in [0.25, 0.3) is 0 Å². The van der Waals surface area contributed by atoms with Crippen molar-refractivity contribution in [2.45, 2.75) is 119 Å². The molecule has 0 aromatic heterocycles. The first-order valence-electron chi connectivity index (χ1n) is 16.5. The molecule has 0 nitrogen and oxygen atoms in total. The summed E-state index contributed by atoms with van der Waals surface area (Å²) in [5.41, 5.74) is 14.9. The van der Waals surface area contributed by atoms with E-state index >= 15 is 0 Å². The second-order valence-electron chi connectivity index (χ2n) is 16.3. The van der Waals surface area contributed by atoms with Crippen molar-refractivity contribution in [1.82, 2.24) is 0 Å². The predicted octanol–water partition coefficient (Wildman–Crippen LogP) is 5.59. The molecule has 7 rings (SSSR count). The van der Waals surface area contributed by atoms with E-state index in [1.165, 1.54) is 87.8 Å². The van der Waals surface area contributed by atoms with Crippen molar-refractivity contribution in [2.24, 2.45) is 10.8 Å². The summed E-state index contributed by atoms with van der Waals surface area (Å²) >= 11 is 1.69. The first-order chi connectivity index (χ1) is 20.0. The Morgan fingerprint density at radius 2 is 1.22 bits per heavy atom. The Hall–Kier alpha value is -1.40. The number of halogens is 2. The van der Waals surface area contributed by atoms with Crippen LogP contribution in [0.2, 0.25) is 0 Å². The molecule has 0 unspecified atom stereocenters. The maximum atomic E-state index is 3.85. The predicted molar refractivity (Wildman–Crippen MR) is 184 cm³/mol. The number of allylic oxidation sites excluding steroid dienone is 4. The van der Waals surface area contributed by atoms with Crippen LogP contribution in [0.3, 0.4) is 0 Å². The van der Waals surface area contributed by atoms with E-state index in [1.54, 1.807) is 27.4 Å². The maximum absolute atomic E-state index is 3.85. The number of benzene rings is 2. The molecule has 3 heteroatoms. The van der Waals surface area contributed by atoms with Gasteiger partial charge in [0.1, 0.15) is 0 Å². The van der Waals surface area contributed by atoms with Gasteiger partial charge in [-0.2, -0.15) is 23.8 Å². The van der Waals surface area contributed by atoms with Crippen LogP contribution in [0.4, 0.5) is 0 Å². The molecule has 0 bridgehead atoms. The van der Waals surface area contributed by atoms with Crippen molar-refractivity contribution in [3.63, 3.8) is 0 Å². The van der Waals surface area contributed by atoms with Crippen LogP contribution in [-0.2, 0) is 41.5 Å². The molecule has 0 atom stereocenters. The Bertz CT molecular complexity index is 1460. The van der Waals surface area contributed by atoms with E-state index in [1.807, 2.05) is 30.3 Å². The molecule has 0 amide bonds. The first kappa shape index (κ1) is 38.1. The summed E-state index contributed by atoms with van der Waals surface area (Å²) in [5.74, 6) is 0. The zero-order valence-electron chi connectivity index (χ0n) is 29.3. The third-order valence-corrected chi connectivity index (χ3v) is 10.8. The zero-order valence-corrected chi connectivity index (χ0v) is 33.2. The van der Waals surface area contributed by atoms with Crippen LogP contribution in [0.1, 0.15) is 135 Å². The van der Waals surface area contributed by atoms with Crippen LogP contribution < -0.4 is 24.8 Å². The first-order valence-corrected chi connectivity index (χ1v) is 17.7. The van der Waals surface area contributed by atoms with E-state index in [4.69, 9.17) is 0 Å². The third kappa shape index (κ3) is 8.02. The van der Waals surface area contributed by atoms with Crippen molar-refractivity contribution in [3.8, 4) is 11.1 Å². The zero-order chi connectivity index (χ0) is 31.4. The van der Waals surface area contributed by atoms with E-state index in [-0.39, 0.29) is 46.5 Å². The minimum absolute atomic E-state index is 0. The minimum Gasteiger partial charge on any atom is -0.214 e. The summed E-state index contributed by atoms with van der Waals surface area (Å²) in [7, 11) is 0. The van der Waals surface area contributed by atoms with E-state index in [0.717, 1.165) is 6.42 Å². The molecule has 3 aromatic rings. The van der Waals surface area contributed by atoms with Gasteiger partial charge < -0.3 is 24.8 Å². The van der Waals surface area contributed by atoms with Gasteiger partial charge in [-0.05, 0) is 62.3 Å². The molecule has 0 saturated heterocycles. The number of hydrogen-bond acceptors (Lipinski definition) is 0. The summed E-state index contributed by atoms with van der Waals surface area (Å²) in [6.07, 6.45) is 14.7. The molecular weight excluding hydrogens is 667 g/mol. The normalized spacial score (nSPS) is 18.3. The summed E-state index contributed by atoms with van der Waals surface area (Å²) < 4.78 is 1.80. The SMILES string of the molecule is CC(C)(C)C1=[C-]C(C)(C)c2cc3c(cc21)-c1cc2c(cc1C3)C(C)(C)C=C2C(C)(C)C.[Cl-].[Cl-].[Zr+2]=[C]1CCCCC1.c1cc[cH-]c1. The number of hydrogen-bond donors (Lipinski definition) is 0. The molecule has 1 saturated carbocycles. The van der Waals surface area contributed by atoms with Crippen LogP contribution in [0, 0.1) is 16.9 Å². The second-order valence-corrected chi connectivity index (χ2v) is 18.1. The summed E-state index contributed by atoms with van der Waals surface area (Å²) in [4.78, 5) is 0. The Labute approximate surface area is 302 Å². The van der Waals surface area contributed by atoms with Gasteiger partial charge in [-0.25, -0.2) is 17.7 Å². The largest absolute Gasteiger partial charge is 0.214 e. The summed E-state index contributed by atoms with van der Waals surface area (Å²) in [5, 5.41) is 0. The van der Waals surface area contributed by atoms with Gasteiger partial charge in [0.15, 0.2) is 0 Å². The maximum Gasteiger partial charge on any atom is -0.172 e. The molecular formula is C42H52Cl2Zr-2. The molecule has 0 heterocycles. The molecule has 4 aliphatic rings. The molecule has 3 aromatic carbocycles. The van der Waals surface area contributed by atoms with E-state index in [0.29, 0.717) is 0 Å². The molecule has 4 aliphatic carbocycles. The fraction of sp³-hybridized carbons (Fsp3) is 0.476. The minimum atomic E-state index is -0.0202. The average Bonchev–Trinajstić information content (AvgIpc) is 3.69. The van der Waals surface area contributed by atoms with Gasteiger partial charge in [0.05, 0.1) is 0 Å². The fourth-order valence-corrected chi connectivity index (χ4v) is 8.11. The second kappa shape index (κ2) is 14.0. The Morgan fingerprint density at radius 1 is 0.689 bits per heavy atom. The molecule has 0 radical (unpaired) electrons. The van der Waals surface area contributed by atoms with Crippen LogP contribution in [0.15, 0.2) is 60.7 Å². The average molecular weight is 719 g/mol. The van der Waals surface area contributed by atoms with Gasteiger partial charge in [-0.15, -0.1) is 11.6 Å². The van der Waals surface area contributed by atoms with Crippen LogP contribution in [-0.4, -0.2) is 3.21 Å². The van der Waals surface area contributed by atoms with Crippen molar-refractivity contribution in [2.75, 3.05) is 0 Å². The Kier molecular flexibility index (Phi) is 11.8. The van der Waals surface area contributed by atoms with E-state index < -0.39 is 0 Å². The van der Waals surface area contributed by atoms with Crippen molar-refractivity contribution in [3.05, 3.63) is 100 Å². The standard InChI is InChI=1S/C31H37.C6H10.C5H5.2ClH.Zr/c1-28(2,3)26-16-30(7,8)24-12-18-11-19-13-25-23(15-21(19)20(18)14-22(24)26)27(29(4,5)6)17-31(25,9)10;1-2-4-6-5-3-1;1-2-4-5-3-1;;;/h12-16H,11H2,1-10H3;1-5H2;1-5H;2*1H;/q-1;;-1;;;+2/p-2. The quantitative estimate of drug-likeness (QED) is 0.209. The van der Waals surface area contributed by atoms with Crippen molar-refractivity contribution in [1.29, 1.82) is 0 Å². The van der Waals surface area contributed by atoms with Gasteiger partial charge in [-0.1, -0.05) is 92.9 Å². The van der Waals surface area contributed by atoms with E-state index in [9.17, 15) is 0 Å². The van der Waals surface area contributed by atoms with Crippen molar-refractivity contribution < 1.29 is 49.0 Å². The van der Waals surface area contributed by atoms with Gasteiger partial charge >= 0.3 is 59.5 Å². The number of fused-ring (bicyclic) bond motifs is 5. The third-order valence-electron chi connectivity index (χ3n) is 9.60. The Balaban J connectivity index is 0.000000330. The van der Waals surface area contributed by atoms with E-state index in [2.05, 4.69) is 106 Å². The van der Waals surface area contributed by atoms with Crippen LogP contribution in [0.5, 0.6) is 0 Å². The van der Waals surface area contributed by atoms with Gasteiger partial charge in [0.2, 0.25) is 0 Å². The molecule has 1 fully saturated rings. The molecule has 240 valence electrons. The van der Waals surface area contributed by atoms with Crippen molar-refractivity contribution >= 4 is 14.4 Å². The monoisotopic (exact) mass is 716 g/mol.